The highest BCUT2D eigenvalue weighted by molar-refractivity contribution is 7.22. The normalized spacial score (nSPS) is 13.7. The van der Waals surface area contributed by atoms with Crippen LogP contribution in [-0.2, 0) is 12.8 Å². The lowest BCUT2D eigenvalue weighted by atomic mass is 9.91. The predicted octanol–water partition coefficient (Wildman–Crippen LogP) is 12.0. The van der Waals surface area contributed by atoms with Gasteiger partial charge in [0.1, 0.15) is 11.6 Å². The van der Waals surface area contributed by atoms with Crippen LogP contribution in [-0.4, -0.2) is 63.1 Å². The third-order valence-corrected chi connectivity index (χ3v) is 11.2. The van der Waals surface area contributed by atoms with Crippen molar-refractivity contribution in [3.05, 3.63) is 100 Å². The molecule has 0 saturated carbocycles. The average molecular weight is 895 g/mol. The maximum atomic E-state index is 13.3. The van der Waals surface area contributed by atoms with Crippen LogP contribution >= 0.6 is 34.3 Å². The van der Waals surface area contributed by atoms with E-state index in [1.165, 1.54) is 81.9 Å². The number of aromatic hydroxyl groups is 1. The number of rotatable bonds is 12. The molecule has 0 aliphatic rings. The van der Waals surface area contributed by atoms with Crippen molar-refractivity contribution in [1.29, 1.82) is 0 Å². The largest absolute Gasteiger partial charge is 0.504 e. The molecule has 0 saturated heterocycles. The van der Waals surface area contributed by atoms with Gasteiger partial charge in [0.15, 0.2) is 38.7 Å². The van der Waals surface area contributed by atoms with Crippen molar-refractivity contribution in [3.8, 4) is 28.2 Å². The summed E-state index contributed by atoms with van der Waals surface area (Å²) in [7, 11) is 2.77. The number of methoxy groups -OCH3 is 2. The zero-order chi connectivity index (χ0) is 43.8. The molecule has 6 rings (SSSR count). The third kappa shape index (κ3) is 12.3. The van der Waals surface area contributed by atoms with E-state index in [2.05, 4.69) is 9.97 Å². The molecule has 4 aromatic carbocycles. The van der Waals surface area contributed by atoms with Crippen molar-refractivity contribution in [2.45, 2.75) is 75.9 Å². The van der Waals surface area contributed by atoms with Gasteiger partial charge >= 0.3 is 12.4 Å². The zero-order valence-electron chi connectivity index (χ0n) is 31.8. The van der Waals surface area contributed by atoms with E-state index in [4.69, 9.17) is 25.8 Å². The molecule has 0 spiro atoms. The molecule has 320 valence electrons. The number of benzene rings is 4. The monoisotopic (exact) mass is 894 g/mol. The lowest BCUT2D eigenvalue weighted by Gasteiger charge is -2.29. The first-order valence-electron chi connectivity index (χ1n) is 17.7. The second kappa shape index (κ2) is 19.7. The van der Waals surface area contributed by atoms with Crippen LogP contribution in [0.25, 0.3) is 20.4 Å². The first-order chi connectivity index (χ1) is 27.6. The van der Waals surface area contributed by atoms with Crippen LogP contribution in [0.4, 0.5) is 35.1 Å². The van der Waals surface area contributed by atoms with Gasteiger partial charge in [-0.25, -0.2) is 18.7 Å². The van der Waals surface area contributed by atoms with Gasteiger partial charge in [-0.3, -0.25) is 0 Å². The van der Waals surface area contributed by atoms with Gasteiger partial charge in [0.25, 0.3) is 5.19 Å². The van der Waals surface area contributed by atoms with E-state index in [0.29, 0.717) is 37.3 Å². The molecule has 3 N–H and O–H groups in total. The van der Waals surface area contributed by atoms with Crippen LogP contribution in [0.2, 0.25) is 4.47 Å². The fraction of sp³-hybridized carbons (Fsp3) is 0.350. The number of nitrogens with zero attached hydrogens (tertiary/aromatic N) is 2. The number of halogens is 9. The molecule has 0 bridgehead atoms. The number of alkyl halides is 6. The summed E-state index contributed by atoms with van der Waals surface area (Å²) in [6.45, 7) is 2.60. The zero-order valence-corrected chi connectivity index (χ0v) is 34.2. The third-order valence-electron chi connectivity index (χ3n) is 9.20. The van der Waals surface area contributed by atoms with Crippen LogP contribution < -0.4 is 14.2 Å². The molecule has 19 heteroatoms. The van der Waals surface area contributed by atoms with E-state index in [1.54, 1.807) is 30.3 Å². The van der Waals surface area contributed by atoms with Crippen molar-refractivity contribution in [2.24, 2.45) is 0 Å². The molecule has 2 heterocycles. The summed E-state index contributed by atoms with van der Waals surface area (Å²) in [5.41, 5.74) is -2.94. The standard InChI is InChI=1S/C20H19F4NO3S.C13H17F3O3.C7H3ClFNS/c1-3-19(26,20(22,23)24)9-8-12-4-7-15(16(10-12)27-2)28-18-25-14-6-5-13(21)11-17(14)29-18;1-3-12(18,13(14,15)16)7-6-9-4-5-10(17)11(8-9)19-2;8-7-10-5-2-1-4(9)3-6(5)11-7/h4-7,10-11,26H,3,8-9H2,1-2H3;4-5,8,17-18H,3,6-7H2,1-2H3;1-3H. The van der Waals surface area contributed by atoms with E-state index in [1.807, 2.05) is 0 Å². The highest BCUT2D eigenvalue weighted by Crippen LogP contribution is 2.40. The van der Waals surface area contributed by atoms with E-state index >= 15 is 0 Å². The molecule has 2 unspecified atom stereocenters. The first kappa shape index (κ1) is 47.2. The molecule has 2 aromatic heterocycles. The average Bonchev–Trinajstić information content (AvgIpc) is 3.77. The summed E-state index contributed by atoms with van der Waals surface area (Å²) in [5, 5.41) is 29.1. The number of phenolic OH excluding ortho intramolecular Hbond substituents is 1. The Morgan fingerprint density at radius 1 is 0.627 bits per heavy atom. The Kier molecular flexibility index (Phi) is 15.8. The highest BCUT2D eigenvalue weighted by atomic mass is 35.5. The molecule has 2 atom stereocenters. The molecule has 0 fully saturated rings. The Bertz CT molecular complexity index is 2320. The van der Waals surface area contributed by atoms with Crippen molar-refractivity contribution in [3.63, 3.8) is 0 Å². The van der Waals surface area contributed by atoms with Gasteiger partial charge in [-0.2, -0.15) is 26.3 Å². The fourth-order valence-corrected chi connectivity index (χ4v) is 7.36. The van der Waals surface area contributed by atoms with Crippen LogP contribution in [0.15, 0.2) is 72.8 Å². The fourth-order valence-electron chi connectivity index (χ4n) is 5.45. The number of aliphatic hydroxyl groups is 2. The van der Waals surface area contributed by atoms with E-state index in [9.17, 15) is 50.4 Å². The smallest absolute Gasteiger partial charge is 0.417 e. The van der Waals surface area contributed by atoms with Gasteiger partial charge in [-0.15, -0.1) is 11.3 Å². The number of thiazole rings is 2. The van der Waals surface area contributed by atoms with Crippen LogP contribution in [0, 0.1) is 11.6 Å². The minimum absolute atomic E-state index is 0.0148. The van der Waals surface area contributed by atoms with Crippen molar-refractivity contribution >= 4 is 54.7 Å². The maximum absolute atomic E-state index is 13.3. The molecule has 8 nitrogen and oxygen atoms in total. The molecule has 0 aliphatic carbocycles. The van der Waals surface area contributed by atoms with Crippen LogP contribution in [0.3, 0.4) is 0 Å². The molecule has 0 amide bonds. The maximum Gasteiger partial charge on any atom is 0.417 e. The summed E-state index contributed by atoms with van der Waals surface area (Å²) in [6, 6.07) is 17.7. The number of hydrogen-bond acceptors (Lipinski definition) is 10. The molecular formula is C40H39ClF8N2O6S2. The summed E-state index contributed by atoms with van der Waals surface area (Å²) >= 11 is 8.06. The van der Waals surface area contributed by atoms with Crippen LogP contribution in [0.5, 0.6) is 28.2 Å². The topological polar surface area (TPSA) is 114 Å². The molecule has 6 aromatic rings. The Morgan fingerprint density at radius 3 is 1.59 bits per heavy atom. The number of phenols is 1. The van der Waals surface area contributed by atoms with Gasteiger partial charge in [0.2, 0.25) is 0 Å². The molecule has 0 radical (unpaired) electrons. The van der Waals surface area contributed by atoms with Gasteiger partial charge in [0.05, 0.1) is 34.7 Å². The van der Waals surface area contributed by atoms with Gasteiger partial charge in [-0.05, 0) is 110 Å². The highest BCUT2D eigenvalue weighted by Gasteiger charge is 2.52. The Hall–Kier alpha value is -4.49. The minimum atomic E-state index is -4.69. The Morgan fingerprint density at radius 2 is 1.10 bits per heavy atom. The second-order valence-electron chi connectivity index (χ2n) is 13.0. The van der Waals surface area contributed by atoms with E-state index in [0.717, 1.165) is 21.6 Å². The molecule has 59 heavy (non-hydrogen) atoms. The Labute approximate surface area is 346 Å². The number of aromatic nitrogens is 2. The van der Waals surface area contributed by atoms with E-state index < -0.39 is 49.2 Å². The lowest BCUT2D eigenvalue weighted by molar-refractivity contribution is -0.263. The van der Waals surface area contributed by atoms with Crippen LogP contribution in [0.1, 0.15) is 50.7 Å². The summed E-state index contributed by atoms with van der Waals surface area (Å²) in [6.07, 6.45) is -11.0. The predicted molar refractivity (Wildman–Crippen MR) is 211 cm³/mol. The van der Waals surface area contributed by atoms with Crippen molar-refractivity contribution in [2.75, 3.05) is 14.2 Å². The first-order valence-corrected chi connectivity index (χ1v) is 19.7. The summed E-state index contributed by atoms with van der Waals surface area (Å²) < 4.78 is 121. The van der Waals surface area contributed by atoms with Gasteiger partial charge < -0.3 is 29.5 Å². The number of fused-ring (bicyclic) bond motifs is 2. The molecular weight excluding hydrogens is 856 g/mol. The van der Waals surface area contributed by atoms with Crippen molar-refractivity contribution in [1.82, 2.24) is 9.97 Å². The SMILES string of the molecule is CCC(O)(CCc1ccc(O)c(OC)c1)C(F)(F)F.CCC(O)(CCc1ccc(Oc2nc3ccc(F)cc3s2)c(OC)c1)C(F)(F)F.Fc1ccc2nc(Cl)sc2c1. The number of hydrogen-bond donors (Lipinski definition) is 3. The summed E-state index contributed by atoms with van der Waals surface area (Å²) in [5.74, 6) is 0.146. The quantitative estimate of drug-likeness (QED) is 0.104. The second-order valence-corrected chi connectivity index (χ2v) is 15.6. The minimum Gasteiger partial charge on any atom is -0.504 e. The van der Waals surface area contributed by atoms with E-state index in [-0.39, 0.29) is 41.2 Å². The Balaban J connectivity index is 0.000000218. The van der Waals surface area contributed by atoms with Gasteiger partial charge in [-0.1, -0.05) is 48.9 Å². The van der Waals surface area contributed by atoms with Gasteiger partial charge in [0, 0.05) is 0 Å². The number of ether oxygens (including phenoxy) is 3. The lowest BCUT2D eigenvalue weighted by Crippen LogP contribution is -2.44. The molecule has 0 aliphatic heterocycles. The number of aryl methyl sites for hydroxylation is 2. The summed E-state index contributed by atoms with van der Waals surface area (Å²) in [4.78, 5) is 8.24. The van der Waals surface area contributed by atoms with Crippen molar-refractivity contribution < 1.29 is 64.7 Å².